The molecular weight excluding hydrogens is 442 g/mol. The predicted octanol–water partition coefficient (Wildman–Crippen LogP) is 4.58. The number of amides is 1. The Bertz CT molecular complexity index is 1260. The van der Waals surface area contributed by atoms with Crippen molar-refractivity contribution in [1.29, 1.82) is 0 Å². The summed E-state index contributed by atoms with van der Waals surface area (Å²) < 4.78 is 27.3. The van der Waals surface area contributed by atoms with Crippen LogP contribution in [0.15, 0.2) is 53.4 Å². The average Bonchev–Trinajstić information content (AvgIpc) is 3.22. The fourth-order valence-corrected chi connectivity index (χ4v) is 6.76. The quantitative estimate of drug-likeness (QED) is 0.609. The number of hydrogen-bond acceptors (Lipinski definition) is 5. The number of nitrogens with one attached hydrogen (secondary N) is 1. The highest BCUT2D eigenvalue weighted by Gasteiger charge is 2.28. The predicted molar refractivity (Wildman–Crippen MR) is 127 cm³/mol. The third-order valence-electron chi connectivity index (χ3n) is 6.31. The van der Waals surface area contributed by atoms with Crippen molar-refractivity contribution in [1.82, 2.24) is 9.29 Å². The Hall–Kier alpha value is -2.55. The van der Waals surface area contributed by atoms with E-state index in [1.165, 1.54) is 33.9 Å². The number of hydrogen-bond donors (Lipinski definition) is 1. The molecule has 0 unspecified atom stereocenters. The van der Waals surface area contributed by atoms with E-state index < -0.39 is 10.0 Å². The van der Waals surface area contributed by atoms with Crippen LogP contribution in [-0.2, 0) is 22.9 Å². The Morgan fingerprint density at radius 1 is 1.06 bits per heavy atom. The number of sulfonamides is 1. The summed E-state index contributed by atoms with van der Waals surface area (Å²) in [4.78, 5) is 18.8. The molecule has 2 heterocycles. The van der Waals surface area contributed by atoms with Crippen LogP contribution in [0.4, 0.5) is 5.13 Å². The molecule has 6 nitrogen and oxygen atoms in total. The van der Waals surface area contributed by atoms with Crippen LogP contribution in [0.2, 0.25) is 0 Å². The van der Waals surface area contributed by atoms with Crippen molar-refractivity contribution in [2.24, 2.45) is 5.92 Å². The smallest absolute Gasteiger partial charge is 0.257 e. The normalized spacial score (nSPS) is 16.9. The fourth-order valence-electron chi connectivity index (χ4n) is 4.32. The summed E-state index contributed by atoms with van der Waals surface area (Å²) >= 11 is 1.50. The van der Waals surface area contributed by atoms with Gasteiger partial charge >= 0.3 is 0 Å². The van der Waals surface area contributed by atoms with Crippen LogP contribution >= 0.6 is 11.3 Å². The minimum Gasteiger partial charge on any atom is -0.298 e. The molecule has 32 heavy (non-hydrogen) atoms. The van der Waals surface area contributed by atoms with Gasteiger partial charge in [-0.25, -0.2) is 13.4 Å². The summed E-state index contributed by atoms with van der Waals surface area (Å²) in [7, 11) is -3.53. The van der Waals surface area contributed by atoms with Crippen molar-refractivity contribution in [3.63, 3.8) is 0 Å². The van der Waals surface area contributed by atoms with Crippen LogP contribution in [0.5, 0.6) is 0 Å². The van der Waals surface area contributed by atoms with Gasteiger partial charge < -0.3 is 0 Å². The van der Waals surface area contributed by atoms with E-state index in [0.29, 0.717) is 29.7 Å². The topological polar surface area (TPSA) is 79.4 Å². The summed E-state index contributed by atoms with van der Waals surface area (Å²) in [6.45, 7) is 3.24. The molecule has 0 atom stereocenters. The lowest BCUT2D eigenvalue weighted by Crippen LogP contribution is -2.37. The number of carbonyl (C=O) groups excluding carboxylic acids is 1. The maximum Gasteiger partial charge on any atom is 0.257 e. The monoisotopic (exact) mass is 467 g/mol. The molecule has 1 saturated heterocycles. The zero-order valence-electron chi connectivity index (χ0n) is 17.9. The summed E-state index contributed by atoms with van der Waals surface area (Å²) in [6.07, 6.45) is 3.65. The van der Waals surface area contributed by atoms with Crippen molar-refractivity contribution in [2.45, 2.75) is 37.5 Å². The maximum atomic E-state index is 12.9. The van der Waals surface area contributed by atoms with Gasteiger partial charge in [-0.15, -0.1) is 11.3 Å². The molecule has 0 radical (unpaired) electrons. The van der Waals surface area contributed by atoms with Crippen LogP contribution in [0.1, 0.15) is 40.6 Å². The van der Waals surface area contributed by atoms with Gasteiger partial charge in [-0.3, -0.25) is 10.1 Å². The summed E-state index contributed by atoms with van der Waals surface area (Å²) in [5, 5.41) is 3.45. The molecule has 1 amide bonds. The SMILES string of the molecule is CC1CCN(S(=O)(=O)c2ccc(C(=O)Nc3nc4c(s3)CCc3ccccc3-4)cc2)CC1. The van der Waals surface area contributed by atoms with Gasteiger partial charge in [0.15, 0.2) is 5.13 Å². The Morgan fingerprint density at radius 2 is 1.78 bits per heavy atom. The molecule has 166 valence electrons. The third-order valence-corrected chi connectivity index (χ3v) is 9.25. The number of thiazole rings is 1. The van der Waals surface area contributed by atoms with Crippen molar-refractivity contribution in [2.75, 3.05) is 18.4 Å². The van der Waals surface area contributed by atoms with Crippen LogP contribution in [0, 0.1) is 5.92 Å². The van der Waals surface area contributed by atoms with E-state index in [-0.39, 0.29) is 10.8 Å². The molecular formula is C24H25N3O3S2. The molecule has 0 bridgehead atoms. The highest BCUT2D eigenvalue weighted by Crippen LogP contribution is 2.38. The lowest BCUT2D eigenvalue weighted by molar-refractivity contribution is 0.102. The second kappa shape index (κ2) is 8.42. The second-order valence-corrected chi connectivity index (χ2v) is 11.5. The van der Waals surface area contributed by atoms with Crippen molar-refractivity contribution < 1.29 is 13.2 Å². The lowest BCUT2D eigenvalue weighted by atomic mass is 9.94. The van der Waals surface area contributed by atoms with Gasteiger partial charge in [-0.1, -0.05) is 31.2 Å². The Morgan fingerprint density at radius 3 is 2.53 bits per heavy atom. The van der Waals surface area contributed by atoms with Crippen LogP contribution in [0.25, 0.3) is 11.3 Å². The first kappa shape index (κ1) is 21.3. The van der Waals surface area contributed by atoms with E-state index in [9.17, 15) is 13.2 Å². The Balaban J connectivity index is 1.31. The van der Waals surface area contributed by atoms with Gasteiger partial charge in [0.2, 0.25) is 10.0 Å². The van der Waals surface area contributed by atoms with Crippen molar-refractivity contribution >= 4 is 32.4 Å². The van der Waals surface area contributed by atoms with E-state index >= 15 is 0 Å². The molecule has 3 aromatic rings. The zero-order valence-corrected chi connectivity index (χ0v) is 19.5. The van der Waals surface area contributed by atoms with E-state index in [4.69, 9.17) is 0 Å². The van der Waals surface area contributed by atoms with Crippen molar-refractivity contribution in [3.8, 4) is 11.3 Å². The van der Waals surface area contributed by atoms with Gasteiger partial charge in [0.25, 0.3) is 5.91 Å². The molecule has 0 saturated carbocycles. The lowest BCUT2D eigenvalue weighted by Gasteiger charge is -2.29. The highest BCUT2D eigenvalue weighted by atomic mass is 32.2. The number of carbonyl (C=O) groups is 1. The standard InChI is InChI=1S/C24H25N3O3S2/c1-16-12-14-27(15-13-16)32(29,30)19-9-6-18(7-10-19)23(28)26-24-25-22-20-5-3-2-4-17(20)8-11-21(22)31-24/h2-7,9-10,16H,8,11-15H2,1H3,(H,25,26,28). The Labute approximate surface area is 192 Å². The molecule has 0 spiro atoms. The number of piperidine rings is 1. The summed E-state index contributed by atoms with van der Waals surface area (Å²) in [6, 6.07) is 14.4. The van der Waals surface area contributed by atoms with Gasteiger partial charge in [0.05, 0.1) is 10.6 Å². The second-order valence-electron chi connectivity index (χ2n) is 8.51. The molecule has 1 aromatic heterocycles. The number of rotatable bonds is 4. The molecule has 5 rings (SSSR count). The molecule has 1 N–H and O–H groups in total. The number of nitrogens with zero attached hydrogens (tertiary/aromatic N) is 2. The highest BCUT2D eigenvalue weighted by molar-refractivity contribution is 7.89. The zero-order chi connectivity index (χ0) is 22.3. The number of aromatic nitrogens is 1. The molecule has 2 aliphatic rings. The van der Waals surface area contributed by atoms with Gasteiger partial charge in [-0.05, 0) is 61.4 Å². The number of anilines is 1. The van der Waals surface area contributed by atoms with Crippen LogP contribution < -0.4 is 5.32 Å². The van der Waals surface area contributed by atoms with Gasteiger partial charge in [0, 0.05) is 29.1 Å². The van der Waals surface area contributed by atoms with Crippen molar-refractivity contribution in [3.05, 3.63) is 64.5 Å². The van der Waals surface area contributed by atoms with E-state index in [2.05, 4.69) is 29.4 Å². The largest absolute Gasteiger partial charge is 0.298 e. The number of fused-ring (bicyclic) bond motifs is 3. The molecule has 1 aliphatic heterocycles. The molecule has 1 fully saturated rings. The summed E-state index contributed by atoms with van der Waals surface area (Å²) in [5.41, 5.74) is 3.77. The van der Waals surface area contributed by atoms with Gasteiger partial charge in [0.1, 0.15) is 0 Å². The molecule has 2 aromatic carbocycles. The minimum absolute atomic E-state index is 0.227. The maximum absolute atomic E-state index is 12.9. The van der Waals surface area contributed by atoms with Gasteiger partial charge in [-0.2, -0.15) is 4.31 Å². The average molecular weight is 468 g/mol. The van der Waals surface area contributed by atoms with Crippen LogP contribution in [-0.4, -0.2) is 36.7 Å². The van der Waals surface area contributed by atoms with E-state index in [1.54, 1.807) is 16.4 Å². The first-order chi connectivity index (χ1) is 15.4. The van der Waals surface area contributed by atoms with E-state index in [1.807, 2.05) is 12.1 Å². The van der Waals surface area contributed by atoms with E-state index in [0.717, 1.165) is 36.9 Å². The first-order valence-electron chi connectivity index (χ1n) is 10.9. The summed E-state index contributed by atoms with van der Waals surface area (Å²) in [5.74, 6) is 0.262. The fraction of sp³-hybridized carbons (Fsp3) is 0.333. The Kier molecular flexibility index (Phi) is 5.61. The number of aryl methyl sites for hydroxylation is 2. The minimum atomic E-state index is -3.53. The number of benzene rings is 2. The first-order valence-corrected chi connectivity index (χ1v) is 13.2. The third kappa shape index (κ3) is 3.98. The molecule has 8 heteroatoms. The molecule has 1 aliphatic carbocycles. The van der Waals surface area contributed by atoms with Crippen LogP contribution in [0.3, 0.4) is 0 Å².